The van der Waals surface area contributed by atoms with Crippen LogP contribution in [0.3, 0.4) is 0 Å². The fourth-order valence-corrected chi connectivity index (χ4v) is 4.83. The number of hydrogen-bond acceptors (Lipinski definition) is 3. The standard InChI is InChI=1S/C24H29BrN4O/c1-3-13-27(2)24(30)18-8-7-14-28(16-18)17-23-26-21-11-4-5-12-22(21)29(23)20-10-6-9-19(25)15-20/h4-6,9-12,15,18H,3,7-8,13-14,16-17H2,1-2H3/t18-/m1/s1. The highest BCUT2D eigenvalue weighted by molar-refractivity contribution is 9.10. The van der Waals surface area contributed by atoms with Crippen molar-refractivity contribution < 1.29 is 4.79 Å². The monoisotopic (exact) mass is 468 g/mol. The third-order valence-corrected chi connectivity index (χ3v) is 6.34. The third-order valence-electron chi connectivity index (χ3n) is 5.85. The van der Waals surface area contributed by atoms with Crippen molar-refractivity contribution in [2.24, 2.45) is 5.92 Å². The molecule has 1 aliphatic rings. The lowest BCUT2D eigenvalue weighted by Crippen LogP contribution is -2.43. The van der Waals surface area contributed by atoms with Crippen LogP contribution in [0.15, 0.2) is 53.0 Å². The second kappa shape index (κ2) is 9.31. The molecule has 3 aromatic rings. The molecule has 0 bridgehead atoms. The first-order valence-corrected chi connectivity index (χ1v) is 11.6. The summed E-state index contributed by atoms with van der Waals surface area (Å²) in [6, 6.07) is 16.6. The average molecular weight is 469 g/mol. The molecule has 5 nitrogen and oxygen atoms in total. The molecule has 2 heterocycles. The Morgan fingerprint density at radius 1 is 1.23 bits per heavy atom. The van der Waals surface area contributed by atoms with Crippen LogP contribution in [0.2, 0.25) is 0 Å². The van der Waals surface area contributed by atoms with E-state index in [2.05, 4.69) is 68.7 Å². The van der Waals surface area contributed by atoms with Gasteiger partial charge in [-0.15, -0.1) is 0 Å². The van der Waals surface area contributed by atoms with Crippen LogP contribution < -0.4 is 0 Å². The smallest absolute Gasteiger partial charge is 0.226 e. The summed E-state index contributed by atoms with van der Waals surface area (Å²) in [4.78, 5) is 22.1. The van der Waals surface area contributed by atoms with E-state index in [-0.39, 0.29) is 11.8 Å². The zero-order valence-corrected chi connectivity index (χ0v) is 19.3. The Balaban J connectivity index is 1.61. The number of nitrogens with zero attached hydrogens (tertiary/aromatic N) is 4. The molecule has 158 valence electrons. The van der Waals surface area contributed by atoms with Gasteiger partial charge in [-0.1, -0.05) is 41.1 Å². The van der Waals surface area contributed by atoms with Gasteiger partial charge in [0.15, 0.2) is 0 Å². The van der Waals surface area contributed by atoms with Crippen LogP contribution in [-0.2, 0) is 11.3 Å². The highest BCUT2D eigenvalue weighted by Crippen LogP contribution is 2.26. The molecule has 30 heavy (non-hydrogen) atoms. The minimum absolute atomic E-state index is 0.0824. The zero-order valence-electron chi connectivity index (χ0n) is 17.7. The number of amides is 1. The summed E-state index contributed by atoms with van der Waals surface area (Å²) < 4.78 is 3.29. The van der Waals surface area contributed by atoms with E-state index in [9.17, 15) is 4.79 Å². The molecule has 0 saturated carbocycles. The fraction of sp³-hybridized carbons (Fsp3) is 0.417. The molecule has 0 radical (unpaired) electrons. The van der Waals surface area contributed by atoms with Crippen molar-refractivity contribution in [3.63, 3.8) is 0 Å². The Hall–Kier alpha value is -2.18. The van der Waals surface area contributed by atoms with Crippen LogP contribution in [0.4, 0.5) is 0 Å². The summed E-state index contributed by atoms with van der Waals surface area (Å²) >= 11 is 3.60. The molecule has 1 saturated heterocycles. The predicted molar refractivity (Wildman–Crippen MR) is 125 cm³/mol. The van der Waals surface area contributed by atoms with E-state index in [1.165, 1.54) is 0 Å². The van der Waals surface area contributed by atoms with Crippen LogP contribution in [-0.4, -0.2) is 51.9 Å². The topological polar surface area (TPSA) is 41.4 Å². The number of carbonyl (C=O) groups excluding carboxylic acids is 1. The van der Waals surface area contributed by atoms with Crippen LogP contribution in [0.5, 0.6) is 0 Å². The second-order valence-electron chi connectivity index (χ2n) is 8.17. The molecule has 0 spiro atoms. The van der Waals surface area contributed by atoms with Gasteiger partial charge in [-0.05, 0) is 56.1 Å². The maximum Gasteiger partial charge on any atom is 0.226 e. The number of carbonyl (C=O) groups is 1. The van der Waals surface area contributed by atoms with Crippen molar-refractivity contribution >= 4 is 32.9 Å². The van der Waals surface area contributed by atoms with Crippen LogP contribution >= 0.6 is 15.9 Å². The molecule has 4 rings (SSSR count). The van der Waals surface area contributed by atoms with Gasteiger partial charge in [0, 0.05) is 30.3 Å². The number of imidazole rings is 1. The van der Waals surface area contributed by atoms with E-state index in [0.717, 1.165) is 72.5 Å². The van der Waals surface area contributed by atoms with Crippen molar-refractivity contribution in [2.75, 3.05) is 26.7 Å². The van der Waals surface area contributed by atoms with E-state index in [4.69, 9.17) is 4.98 Å². The molecule has 1 atom stereocenters. The highest BCUT2D eigenvalue weighted by Gasteiger charge is 2.28. The van der Waals surface area contributed by atoms with Gasteiger partial charge in [0.25, 0.3) is 0 Å². The van der Waals surface area contributed by atoms with Crippen molar-refractivity contribution in [1.82, 2.24) is 19.4 Å². The Labute approximate surface area is 186 Å². The van der Waals surface area contributed by atoms with Crippen LogP contribution in [0.25, 0.3) is 16.7 Å². The molecule has 0 N–H and O–H groups in total. The average Bonchev–Trinajstić information content (AvgIpc) is 3.11. The number of likely N-dealkylation sites (tertiary alicyclic amines) is 1. The lowest BCUT2D eigenvalue weighted by atomic mass is 9.96. The summed E-state index contributed by atoms with van der Waals surface area (Å²) in [7, 11) is 1.93. The fourth-order valence-electron chi connectivity index (χ4n) is 4.44. The minimum atomic E-state index is 0.0824. The van der Waals surface area contributed by atoms with Crippen molar-refractivity contribution in [2.45, 2.75) is 32.7 Å². The Bertz CT molecular complexity index is 1030. The Kier molecular flexibility index (Phi) is 6.54. The lowest BCUT2D eigenvalue weighted by molar-refractivity contribution is -0.136. The van der Waals surface area contributed by atoms with Gasteiger partial charge >= 0.3 is 0 Å². The zero-order chi connectivity index (χ0) is 21.1. The molecule has 2 aromatic carbocycles. The van der Waals surface area contributed by atoms with E-state index in [1.54, 1.807) is 0 Å². The predicted octanol–water partition coefficient (Wildman–Crippen LogP) is 4.87. The minimum Gasteiger partial charge on any atom is -0.345 e. The maximum atomic E-state index is 12.8. The van der Waals surface area contributed by atoms with Gasteiger partial charge < -0.3 is 4.90 Å². The summed E-state index contributed by atoms with van der Waals surface area (Å²) in [5.41, 5.74) is 3.21. The number of para-hydroxylation sites is 2. The maximum absolute atomic E-state index is 12.8. The summed E-state index contributed by atoms with van der Waals surface area (Å²) in [6.45, 7) is 5.48. The number of fused-ring (bicyclic) bond motifs is 1. The first-order chi connectivity index (χ1) is 14.6. The van der Waals surface area contributed by atoms with E-state index >= 15 is 0 Å². The number of rotatable bonds is 6. The molecule has 0 aliphatic carbocycles. The number of piperidine rings is 1. The van der Waals surface area contributed by atoms with Crippen molar-refractivity contribution in [3.8, 4) is 5.69 Å². The van der Waals surface area contributed by atoms with Crippen LogP contribution in [0.1, 0.15) is 32.0 Å². The highest BCUT2D eigenvalue weighted by atomic mass is 79.9. The van der Waals surface area contributed by atoms with E-state index in [1.807, 2.05) is 24.1 Å². The summed E-state index contributed by atoms with van der Waals surface area (Å²) in [6.07, 6.45) is 3.02. The largest absolute Gasteiger partial charge is 0.345 e. The van der Waals surface area contributed by atoms with Gasteiger partial charge in [-0.2, -0.15) is 0 Å². The number of halogens is 1. The van der Waals surface area contributed by atoms with Gasteiger partial charge in [-0.3, -0.25) is 14.3 Å². The molecule has 0 unspecified atom stereocenters. The van der Waals surface area contributed by atoms with Crippen molar-refractivity contribution in [3.05, 3.63) is 58.8 Å². The molecular weight excluding hydrogens is 440 g/mol. The third kappa shape index (κ3) is 4.44. The molecule has 6 heteroatoms. The summed E-state index contributed by atoms with van der Waals surface area (Å²) in [5.74, 6) is 1.38. The normalized spacial score (nSPS) is 17.4. The van der Waals surface area contributed by atoms with E-state index < -0.39 is 0 Å². The molecule has 1 amide bonds. The van der Waals surface area contributed by atoms with Crippen LogP contribution in [0, 0.1) is 5.92 Å². The molecule has 1 fully saturated rings. The van der Waals surface area contributed by atoms with Gasteiger partial charge in [-0.25, -0.2) is 4.98 Å². The summed E-state index contributed by atoms with van der Waals surface area (Å²) in [5, 5.41) is 0. The molecule has 1 aliphatic heterocycles. The second-order valence-corrected chi connectivity index (χ2v) is 9.08. The number of aromatic nitrogens is 2. The lowest BCUT2D eigenvalue weighted by Gasteiger charge is -2.33. The quantitative estimate of drug-likeness (QED) is 0.518. The number of benzene rings is 2. The first-order valence-electron chi connectivity index (χ1n) is 10.8. The van der Waals surface area contributed by atoms with Gasteiger partial charge in [0.2, 0.25) is 5.91 Å². The van der Waals surface area contributed by atoms with E-state index in [0.29, 0.717) is 0 Å². The SMILES string of the molecule is CCCN(C)C(=O)[C@@H]1CCCN(Cc2nc3ccccc3n2-c2cccc(Br)c2)C1. The van der Waals surface area contributed by atoms with Gasteiger partial charge in [0.1, 0.15) is 5.82 Å². The van der Waals surface area contributed by atoms with Crippen molar-refractivity contribution in [1.29, 1.82) is 0 Å². The Morgan fingerprint density at radius 2 is 2.07 bits per heavy atom. The Morgan fingerprint density at radius 3 is 2.87 bits per heavy atom. The molecule has 1 aromatic heterocycles. The first kappa shape index (κ1) is 21.1. The number of hydrogen-bond donors (Lipinski definition) is 0. The van der Waals surface area contributed by atoms with Gasteiger partial charge in [0.05, 0.1) is 23.5 Å². The molecular formula is C24H29BrN4O.